The van der Waals surface area contributed by atoms with Gasteiger partial charge in [0.25, 0.3) is 0 Å². The van der Waals surface area contributed by atoms with Crippen LogP contribution in [0, 0.1) is 0 Å². The van der Waals surface area contributed by atoms with Crippen molar-refractivity contribution in [2.24, 2.45) is 5.14 Å². The zero-order chi connectivity index (χ0) is 10.3. The van der Waals surface area contributed by atoms with Gasteiger partial charge in [-0.3, -0.25) is 0 Å². The molecule has 1 aromatic carbocycles. The molecule has 0 unspecified atom stereocenters. The molecule has 0 fully saturated rings. The van der Waals surface area contributed by atoms with Crippen LogP contribution in [-0.2, 0) is 10.0 Å². The first-order chi connectivity index (χ1) is 6.50. The van der Waals surface area contributed by atoms with Crippen LogP contribution >= 0.6 is 11.6 Å². The van der Waals surface area contributed by atoms with E-state index >= 15 is 0 Å². The topological polar surface area (TPSA) is 73.3 Å². The molecule has 1 aromatic heterocycles. The van der Waals surface area contributed by atoms with E-state index in [9.17, 15) is 8.42 Å². The first-order valence-electron chi connectivity index (χ1n) is 3.70. The molecule has 0 spiro atoms. The summed E-state index contributed by atoms with van der Waals surface area (Å²) in [6.07, 6.45) is 0. The molecule has 0 aliphatic rings. The van der Waals surface area contributed by atoms with Crippen LogP contribution < -0.4 is 5.14 Å². The van der Waals surface area contributed by atoms with E-state index in [1.807, 2.05) is 0 Å². The Hall–Kier alpha value is -1.04. The molecule has 0 bridgehead atoms. The number of nitrogens with two attached hydrogens (primary N) is 1. The molecule has 0 saturated heterocycles. The molecule has 0 aliphatic heterocycles. The average molecular weight is 232 g/mol. The molecule has 2 rings (SSSR count). The van der Waals surface area contributed by atoms with Gasteiger partial charge in [0.05, 0.1) is 0 Å². The van der Waals surface area contributed by atoms with Crippen molar-refractivity contribution in [3.63, 3.8) is 0 Å². The highest BCUT2D eigenvalue weighted by atomic mass is 35.5. The van der Waals surface area contributed by atoms with Gasteiger partial charge in [0.2, 0.25) is 15.2 Å². The SMILES string of the molecule is NS(=O)(=O)c1c(Cl)oc2ccccc12. The molecule has 0 radical (unpaired) electrons. The number of primary sulfonamides is 1. The van der Waals surface area contributed by atoms with E-state index in [2.05, 4.69) is 0 Å². The summed E-state index contributed by atoms with van der Waals surface area (Å²) in [6.45, 7) is 0. The fraction of sp³-hybridized carbons (Fsp3) is 0. The van der Waals surface area contributed by atoms with Gasteiger partial charge >= 0.3 is 0 Å². The number of benzene rings is 1. The Kier molecular flexibility index (Phi) is 2.02. The van der Waals surface area contributed by atoms with Crippen LogP contribution in [0.5, 0.6) is 0 Å². The second-order valence-corrected chi connectivity index (χ2v) is 4.59. The Morgan fingerprint density at radius 3 is 2.57 bits per heavy atom. The van der Waals surface area contributed by atoms with Crippen molar-refractivity contribution in [1.82, 2.24) is 0 Å². The van der Waals surface area contributed by atoms with E-state index in [0.29, 0.717) is 11.0 Å². The van der Waals surface area contributed by atoms with Crippen molar-refractivity contribution in [2.75, 3.05) is 0 Å². The third-order valence-electron chi connectivity index (χ3n) is 1.79. The molecular weight excluding hydrogens is 226 g/mol. The maximum Gasteiger partial charge on any atom is 0.243 e. The standard InChI is InChI=1S/C8H6ClNO3S/c9-8-7(14(10,11)12)5-3-1-2-4-6(5)13-8/h1-4H,(H2,10,11,12). The van der Waals surface area contributed by atoms with Crippen LogP contribution in [0.15, 0.2) is 33.6 Å². The molecule has 0 saturated carbocycles. The third kappa shape index (κ3) is 1.39. The van der Waals surface area contributed by atoms with Crippen LogP contribution in [-0.4, -0.2) is 8.42 Å². The summed E-state index contributed by atoms with van der Waals surface area (Å²) in [5.41, 5.74) is 0.404. The van der Waals surface area contributed by atoms with E-state index in [-0.39, 0.29) is 10.1 Å². The summed E-state index contributed by atoms with van der Waals surface area (Å²) in [4.78, 5) is -0.158. The van der Waals surface area contributed by atoms with Crippen molar-refractivity contribution in [1.29, 1.82) is 0 Å². The quantitative estimate of drug-likeness (QED) is 0.812. The van der Waals surface area contributed by atoms with E-state index in [1.165, 1.54) is 0 Å². The number of furan rings is 1. The van der Waals surface area contributed by atoms with E-state index < -0.39 is 10.0 Å². The Labute approximate surface area is 85.3 Å². The van der Waals surface area contributed by atoms with Gasteiger partial charge in [-0.1, -0.05) is 12.1 Å². The lowest BCUT2D eigenvalue weighted by molar-refractivity contribution is 0.586. The maximum atomic E-state index is 11.2. The highest BCUT2D eigenvalue weighted by Crippen LogP contribution is 2.32. The lowest BCUT2D eigenvalue weighted by Crippen LogP contribution is -2.11. The number of sulfonamides is 1. The van der Waals surface area contributed by atoms with Crippen molar-refractivity contribution in [3.05, 3.63) is 29.5 Å². The maximum absolute atomic E-state index is 11.2. The van der Waals surface area contributed by atoms with Crippen LogP contribution in [0.1, 0.15) is 0 Å². The minimum Gasteiger partial charge on any atom is -0.443 e. The molecule has 4 nitrogen and oxygen atoms in total. The Morgan fingerprint density at radius 2 is 1.93 bits per heavy atom. The Morgan fingerprint density at radius 1 is 1.29 bits per heavy atom. The lowest BCUT2D eigenvalue weighted by atomic mass is 10.3. The summed E-state index contributed by atoms with van der Waals surface area (Å²) < 4.78 is 27.4. The fourth-order valence-electron chi connectivity index (χ4n) is 1.26. The monoisotopic (exact) mass is 231 g/mol. The number of rotatable bonds is 1. The molecule has 6 heteroatoms. The summed E-state index contributed by atoms with van der Waals surface area (Å²) in [7, 11) is -3.84. The highest BCUT2D eigenvalue weighted by Gasteiger charge is 2.21. The van der Waals surface area contributed by atoms with Gasteiger partial charge in [0.15, 0.2) is 0 Å². The average Bonchev–Trinajstić information content (AvgIpc) is 2.38. The number of halogens is 1. The van der Waals surface area contributed by atoms with Gasteiger partial charge in [0.1, 0.15) is 10.5 Å². The molecule has 0 aliphatic carbocycles. The van der Waals surface area contributed by atoms with Crippen molar-refractivity contribution >= 4 is 32.6 Å². The molecule has 2 N–H and O–H groups in total. The zero-order valence-electron chi connectivity index (χ0n) is 6.90. The largest absolute Gasteiger partial charge is 0.443 e. The van der Waals surface area contributed by atoms with Gasteiger partial charge in [-0.2, -0.15) is 0 Å². The van der Waals surface area contributed by atoms with Crippen LogP contribution in [0.2, 0.25) is 5.22 Å². The Bertz CT molecular complexity index is 588. The predicted molar refractivity (Wildman–Crippen MR) is 52.6 cm³/mol. The van der Waals surface area contributed by atoms with Crippen LogP contribution in [0.3, 0.4) is 0 Å². The minimum atomic E-state index is -3.84. The van der Waals surface area contributed by atoms with Gasteiger partial charge < -0.3 is 4.42 Å². The molecule has 2 aromatic rings. The Balaban J connectivity index is 2.95. The van der Waals surface area contributed by atoms with Crippen molar-refractivity contribution < 1.29 is 12.8 Å². The van der Waals surface area contributed by atoms with Crippen molar-refractivity contribution in [3.8, 4) is 0 Å². The second-order valence-electron chi connectivity index (χ2n) is 2.75. The van der Waals surface area contributed by atoms with Gasteiger partial charge in [-0.15, -0.1) is 0 Å². The van der Waals surface area contributed by atoms with Crippen molar-refractivity contribution in [2.45, 2.75) is 4.90 Å². The smallest absolute Gasteiger partial charge is 0.243 e. The number of hydrogen-bond acceptors (Lipinski definition) is 3. The van der Waals surface area contributed by atoms with E-state index in [1.54, 1.807) is 24.3 Å². The number of hydrogen-bond donors (Lipinski definition) is 1. The van der Waals surface area contributed by atoms with Crippen LogP contribution in [0.4, 0.5) is 0 Å². The second kappa shape index (κ2) is 2.98. The fourth-order valence-corrected chi connectivity index (χ4v) is 2.51. The summed E-state index contributed by atoms with van der Waals surface area (Å²) in [5.74, 6) is 0. The first kappa shape index (κ1) is 9.51. The van der Waals surface area contributed by atoms with Gasteiger partial charge in [-0.25, -0.2) is 13.6 Å². The zero-order valence-corrected chi connectivity index (χ0v) is 8.47. The molecule has 74 valence electrons. The van der Waals surface area contributed by atoms with E-state index in [0.717, 1.165) is 0 Å². The number of para-hydroxylation sites is 1. The summed E-state index contributed by atoms with van der Waals surface area (Å²) in [5, 5.41) is 5.20. The summed E-state index contributed by atoms with van der Waals surface area (Å²) >= 11 is 5.63. The number of fused-ring (bicyclic) bond motifs is 1. The van der Waals surface area contributed by atoms with Crippen LogP contribution in [0.25, 0.3) is 11.0 Å². The molecule has 0 amide bonds. The third-order valence-corrected chi connectivity index (χ3v) is 3.15. The van der Waals surface area contributed by atoms with E-state index in [4.69, 9.17) is 21.2 Å². The van der Waals surface area contributed by atoms with Gasteiger partial charge in [0, 0.05) is 5.39 Å². The molecule has 0 atom stereocenters. The van der Waals surface area contributed by atoms with Gasteiger partial charge in [-0.05, 0) is 23.7 Å². The molecule has 1 heterocycles. The lowest BCUT2D eigenvalue weighted by Gasteiger charge is -1.93. The minimum absolute atomic E-state index is 0.158. The normalized spacial score (nSPS) is 12.1. The molecule has 14 heavy (non-hydrogen) atoms. The predicted octanol–water partition coefficient (Wildman–Crippen LogP) is 1.73. The highest BCUT2D eigenvalue weighted by molar-refractivity contribution is 7.89. The molecular formula is C8H6ClNO3S. The first-order valence-corrected chi connectivity index (χ1v) is 5.62. The summed E-state index contributed by atoms with van der Waals surface area (Å²) in [6, 6.07) is 6.61.